The molecule has 3 rings (SSSR count). The molecule has 0 N–H and O–H groups in total. The molecule has 0 spiro atoms. The van der Waals surface area contributed by atoms with Crippen molar-refractivity contribution in [1.29, 1.82) is 0 Å². The van der Waals surface area contributed by atoms with Crippen LogP contribution in [0.3, 0.4) is 0 Å². The Bertz CT molecular complexity index is 897. The molecule has 1 heterocycles. The average Bonchev–Trinajstić information content (AvgIpc) is 3.23. The van der Waals surface area contributed by atoms with Gasteiger partial charge in [-0.3, -0.25) is 9.59 Å². The molecule has 1 saturated heterocycles. The van der Waals surface area contributed by atoms with Gasteiger partial charge < -0.3 is 9.80 Å². The molecule has 2 unspecified atom stereocenters. The first-order valence-electron chi connectivity index (χ1n) is 10.5. The zero-order valence-corrected chi connectivity index (χ0v) is 19.8. The average molecular weight is 516 g/mol. The molecule has 5 heteroatoms. The fourth-order valence-electron chi connectivity index (χ4n) is 4.04. The summed E-state index contributed by atoms with van der Waals surface area (Å²) in [4.78, 5) is 31.2. The van der Waals surface area contributed by atoms with Crippen molar-refractivity contribution in [3.63, 3.8) is 0 Å². The van der Waals surface area contributed by atoms with Crippen LogP contribution < -0.4 is 0 Å². The molecule has 0 radical (unpaired) electrons. The van der Waals surface area contributed by atoms with E-state index in [1.807, 2.05) is 65.6 Å². The Morgan fingerprint density at radius 3 is 2.47 bits per heavy atom. The maximum absolute atomic E-state index is 13.9. The highest BCUT2D eigenvalue weighted by atomic mass is 127. The van der Waals surface area contributed by atoms with E-state index in [1.54, 1.807) is 4.90 Å². The molecule has 158 valence electrons. The fraction of sp³-hybridized carbons (Fsp3) is 0.360. The Morgan fingerprint density at radius 2 is 1.83 bits per heavy atom. The van der Waals surface area contributed by atoms with Crippen LogP contribution in [0.2, 0.25) is 0 Å². The van der Waals surface area contributed by atoms with Gasteiger partial charge in [0.1, 0.15) is 6.04 Å². The first-order valence-corrected chi connectivity index (χ1v) is 11.6. The Kier molecular flexibility index (Phi) is 7.69. The summed E-state index contributed by atoms with van der Waals surface area (Å²) >= 11 is 2.26. The summed E-state index contributed by atoms with van der Waals surface area (Å²) in [6, 6.07) is 16.5. The zero-order chi connectivity index (χ0) is 21.7. The van der Waals surface area contributed by atoms with Crippen molar-refractivity contribution >= 4 is 34.4 Å². The second kappa shape index (κ2) is 10.2. The normalized spacial score (nSPS) is 17.1. The van der Waals surface area contributed by atoms with E-state index in [9.17, 15) is 9.59 Å². The fourth-order valence-corrected chi connectivity index (χ4v) is 4.73. The molecule has 0 saturated carbocycles. The van der Waals surface area contributed by atoms with Crippen LogP contribution in [0.5, 0.6) is 0 Å². The van der Waals surface area contributed by atoms with Crippen LogP contribution in [0, 0.1) is 9.49 Å². The smallest absolute Gasteiger partial charge is 0.254 e. The minimum Gasteiger partial charge on any atom is -0.334 e. The first kappa shape index (κ1) is 22.5. The van der Waals surface area contributed by atoms with Crippen LogP contribution in [0.25, 0.3) is 0 Å². The summed E-state index contributed by atoms with van der Waals surface area (Å²) in [5, 5.41) is 0. The van der Waals surface area contributed by atoms with Crippen LogP contribution in [0.15, 0.2) is 67.3 Å². The van der Waals surface area contributed by atoms with Gasteiger partial charge in [0.25, 0.3) is 11.8 Å². The number of carbonyl (C=O) groups is 2. The zero-order valence-electron chi connectivity index (χ0n) is 17.6. The SMILES string of the molecule is C=CC1CCCN1C(=O)C(c1ccccc1I)N(CC(C)C)C(=O)c1ccccc1. The lowest BCUT2D eigenvalue weighted by atomic mass is 10.00. The van der Waals surface area contributed by atoms with E-state index < -0.39 is 6.04 Å². The summed E-state index contributed by atoms with van der Waals surface area (Å²) in [7, 11) is 0. The highest BCUT2D eigenvalue weighted by molar-refractivity contribution is 14.1. The number of rotatable bonds is 7. The van der Waals surface area contributed by atoms with Gasteiger partial charge in [-0.05, 0) is 65.1 Å². The molecule has 2 atom stereocenters. The van der Waals surface area contributed by atoms with Crippen molar-refractivity contribution in [2.75, 3.05) is 13.1 Å². The van der Waals surface area contributed by atoms with Crippen molar-refractivity contribution in [1.82, 2.24) is 9.80 Å². The van der Waals surface area contributed by atoms with E-state index in [-0.39, 0.29) is 23.8 Å². The third kappa shape index (κ3) is 4.94. The Morgan fingerprint density at radius 1 is 1.17 bits per heavy atom. The lowest BCUT2D eigenvalue weighted by molar-refractivity contribution is -0.136. The van der Waals surface area contributed by atoms with Crippen LogP contribution in [-0.2, 0) is 4.79 Å². The first-order chi connectivity index (χ1) is 14.4. The van der Waals surface area contributed by atoms with Crippen LogP contribution >= 0.6 is 22.6 Å². The number of halogens is 1. The molecular formula is C25H29IN2O2. The van der Waals surface area contributed by atoms with Crippen molar-refractivity contribution < 1.29 is 9.59 Å². The third-order valence-corrected chi connectivity index (χ3v) is 6.43. The topological polar surface area (TPSA) is 40.6 Å². The third-order valence-electron chi connectivity index (χ3n) is 5.44. The predicted molar refractivity (Wildman–Crippen MR) is 129 cm³/mol. The minimum atomic E-state index is -0.659. The largest absolute Gasteiger partial charge is 0.334 e. The molecular weight excluding hydrogens is 487 g/mol. The van der Waals surface area contributed by atoms with Gasteiger partial charge in [0.15, 0.2) is 0 Å². The molecule has 0 bridgehead atoms. The van der Waals surface area contributed by atoms with Gasteiger partial charge in [0.05, 0.1) is 0 Å². The standard InChI is InChI=1S/C25H29IN2O2/c1-4-20-13-10-16-27(20)25(30)23(21-14-8-9-15-22(21)26)28(17-18(2)3)24(29)19-11-6-5-7-12-19/h4-9,11-12,14-15,18,20,23H,1,10,13,16-17H2,2-3H3. The highest BCUT2D eigenvalue weighted by Crippen LogP contribution is 2.32. The lowest BCUT2D eigenvalue weighted by Gasteiger charge is -2.36. The molecule has 1 fully saturated rings. The Balaban J connectivity index is 2.09. The second-order valence-corrected chi connectivity index (χ2v) is 9.28. The Labute approximate surface area is 193 Å². The van der Waals surface area contributed by atoms with E-state index in [1.165, 1.54) is 0 Å². The lowest BCUT2D eigenvalue weighted by Crippen LogP contribution is -2.48. The predicted octanol–water partition coefficient (Wildman–Crippen LogP) is 5.31. The molecule has 4 nitrogen and oxygen atoms in total. The number of hydrogen-bond donors (Lipinski definition) is 0. The summed E-state index contributed by atoms with van der Waals surface area (Å²) in [5.74, 6) is 0.0891. The van der Waals surface area contributed by atoms with Gasteiger partial charge in [0.2, 0.25) is 0 Å². The number of nitrogens with zero attached hydrogens (tertiary/aromatic N) is 2. The van der Waals surface area contributed by atoms with E-state index >= 15 is 0 Å². The van der Waals surface area contributed by atoms with Gasteiger partial charge in [-0.1, -0.05) is 56.3 Å². The van der Waals surface area contributed by atoms with Gasteiger partial charge >= 0.3 is 0 Å². The van der Waals surface area contributed by atoms with Crippen molar-refractivity contribution in [3.05, 3.63) is 81.9 Å². The maximum atomic E-state index is 13.9. The molecule has 2 aromatic carbocycles. The van der Waals surface area contributed by atoms with Gasteiger partial charge in [0, 0.05) is 28.3 Å². The summed E-state index contributed by atoms with van der Waals surface area (Å²) in [5.41, 5.74) is 1.48. The van der Waals surface area contributed by atoms with Gasteiger partial charge in [-0.15, -0.1) is 6.58 Å². The van der Waals surface area contributed by atoms with E-state index in [0.29, 0.717) is 18.7 Å². The van der Waals surface area contributed by atoms with Crippen LogP contribution in [-0.4, -0.2) is 40.7 Å². The number of amides is 2. The molecule has 30 heavy (non-hydrogen) atoms. The van der Waals surface area contributed by atoms with Crippen molar-refractivity contribution in [2.45, 2.75) is 38.8 Å². The summed E-state index contributed by atoms with van der Waals surface area (Å²) < 4.78 is 0.984. The van der Waals surface area contributed by atoms with E-state index in [4.69, 9.17) is 0 Å². The van der Waals surface area contributed by atoms with E-state index in [2.05, 4.69) is 43.0 Å². The highest BCUT2D eigenvalue weighted by Gasteiger charge is 2.39. The molecule has 1 aliphatic rings. The summed E-state index contributed by atoms with van der Waals surface area (Å²) in [6.07, 6.45) is 3.73. The van der Waals surface area contributed by atoms with Crippen LogP contribution in [0.4, 0.5) is 0 Å². The van der Waals surface area contributed by atoms with Crippen molar-refractivity contribution in [2.24, 2.45) is 5.92 Å². The van der Waals surface area contributed by atoms with Crippen molar-refractivity contribution in [3.8, 4) is 0 Å². The quantitative estimate of drug-likeness (QED) is 0.370. The van der Waals surface area contributed by atoms with E-state index in [0.717, 1.165) is 22.0 Å². The second-order valence-electron chi connectivity index (χ2n) is 8.12. The summed E-state index contributed by atoms with van der Waals surface area (Å²) in [6.45, 7) is 9.27. The maximum Gasteiger partial charge on any atom is 0.254 e. The number of benzene rings is 2. The van der Waals surface area contributed by atoms with Gasteiger partial charge in [-0.25, -0.2) is 0 Å². The van der Waals surface area contributed by atoms with Crippen LogP contribution in [0.1, 0.15) is 48.7 Å². The monoisotopic (exact) mass is 516 g/mol. The number of hydrogen-bond acceptors (Lipinski definition) is 2. The van der Waals surface area contributed by atoms with Gasteiger partial charge in [-0.2, -0.15) is 0 Å². The Hall–Kier alpha value is -2.15. The molecule has 1 aliphatic heterocycles. The molecule has 2 amide bonds. The molecule has 2 aromatic rings. The number of carbonyl (C=O) groups excluding carboxylic acids is 2. The minimum absolute atomic E-state index is 0.0218. The molecule has 0 aliphatic carbocycles. The number of likely N-dealkylation sites (tertiary alicyclic amines) is 1. The molecule has 0 aromatic heterocycles.